The molecule has 0 amide bonds. The number of hydrogen-bond acceptors (Lipinski definition) is 5. The Morgan fingerprint density at radius 3 is 2.72 bits per heavy atom. The maximum atomic E-state index is 12.2. The maximum Gasteiger partial charge on any atom is 0.242 e. The topological polar surface area (TPSA) is 72.2 Å². The van der Waals surface area contributed by atoms with Gasteiger partial charge in [-0.25, -0.2) is 13.1 Å². The average Bonchev–Trinajstić information content (AvgIpc) is 3.03. The van der Waals surface area contributed by atoms with Gasteiger partial charge in [0.15, 0.2) is 0 Å². The van der Waals surface area contributed by atoms with Crippen molar-refractivity contribution in [3.63, 3.8) is 0 Å². The summed E-state index contributed by atoms with van der Waals surface area (Å²) < 4.78 is 27.8. The first-order chi connectivity index (χ1) is 8.42. The Bertz CT molecular complexity index is 537. The van der Waals surface area contributed by atoms with Gasteiger partial charge in [-0.15, -0.1) is 11.3 Å². The number of sulfonamides is 1. The third-order valence-electron chi connectivity index (χ3n) is 3.02. The largest absolute Gasteiger partial charge is 0.326 e. The van der Waals surface area contributed by atoms with Crippen LogP contribution < -0.4 is 10.5 Å². The van der Waals surface area contributed by atoms with Crippen molar-refractivity contribution in [3.8, 4) is 0 Å². The van der Waals surface area contributed by atoms with Crippen LogP contribution in [-0.2, 0) is 16.6 Å². The van der Waals surface area contributed by atoms with Crippen LogP contribution in [0.25, 0.3) is 0 Å². The summed E-state index contributed by atoms with van der Waals surface area (Å²) in [5, 5.41) is 0. The quantitative estimate of drug-likeness (QED) is 0.804. The SMILES string of the molecule is CSC1(CNS(=O)(=O)c2cc(CN)sc2Br)CC1. The number of hydrogen-bond donors (Lipinski definition) is 2. The zero-order valence-electron chi connectivity index (χ0n) is 9.90. The molecule has 1 aliphatic rings. The first-order valence-corrected chi connectivity index (χ1v) is 9.77. The van der Waals surface area contributed by atoms with E-state index in [2.05, 4.69) is 20.7 Å². The molecule has 0 aliphatic heterocycles. The van der Waals surface area contributed by atoms with E-state index in [1.165, 1.54) is 11.3 Å². The van der Waals surface area contributed by atoms with Crippen LogP contribution in [0.2, 0.25) is 0 Å². The third kappa shape index (κ3) is 3.10. The molecular weight excluding hydrogens is 356 g/mol. The fraction of sp³-hybridized carbons (Fsp3) is 0.600. The third-order valence-corrected chi connectivity index (χ3v) is 8.12. The van der Waals surface area contributed by atoms with E-state index in [4.69, 9.17) is 5.73 Å². The summed E-state index contributed by atoms with van der Waals surface area (Å²) in [5.74, 6) is 0. The molecule has 18 heavy (non-hydrogen) atoms. The molecular formula is C10H15BrN2O2S3. The van der Waals surface area contributed by atoms with E-state index in [0.29, 0.717) is 21.8 Å². The lowest BCUT2D eigenvalue weighted by molar-refractivity contribution is 0.579. The summed E-state index contributed by atoms with van der Waals surface area (Å²) in [6, 6.07) is 1.63. The summed E-state index contributed by atoms with van der Waals surface area (Å²) in [5.41, 5.74) is 5.52. The molecule has 1 saturated carbocycles. The van der Waals surface area contributed by atoms with Gasteiger partial charge in [-0.3, -0.25) is 0 Å². The van der Waals surface area contributed by atoms with Crippen LogP contribution in [0.4, 0.5) is 0 Å². The van der Waals surface area contributed by atoms with Crippen LogP contribution in [0.5, 0.6) is 0 Å². The molecule has 0 aromatic carbocycles. The zero-order valence-corrected chi connectivity index (χ0v) is 13.9. The monoisotopic (exact) mass is 370 g/mol. The minimum atomic E-state index is -3.44. The molecule has 102 valence electrons. The van der Waals surface area contributed by atoms with E-state index in [9.17, 15) is 8.42 Å². The lowest BCUT2D eigenvalue weighted by atomic mass is 10.4. The van der Waals surface area contributed by atoms with Crippen molar-refractivity contribution in [1.82, 2.24) is 4.72 Å². The van der Waals surface area contributed by atoms with Crippen molar-refractivity contribution in [2.75, 3.05) is 12.8 Å². The van der Waals surface area contributed by atoms with Crippen molar-refractivity contribution in [3.05, 3.63) is 14.7 Å². The van der Waals surface area contributed by atoms with Crippen molar-refractivity contribution in [2.45, 2.75) is 29.0 Å². The molecule has 2 rings (SSSR count). The van der Waals surface area contributed by atoms with Crippen LogP contribution in [0, 0.1) is 0 Å². The van der Waals surface area contributed by atoms with Gasteiger partial charge in [-0.2, -0.15) is 11.8 Å². The van der Waals surface area contributed by atoms with Gasteiger partial charge < -0.3 is 5.73 Å². The Morgan fingerprint density at radius 1 is 1.61 bits per heavy atom. The molecule has 1 fully saturated rings. The average molecular weight is 371 g/mol. The second-order valence-corrected chi connectivity index (χ2v) is 9.73. The number of nitrogens with one attached hydrogen (secondary N) is 1. The van der Waals surface area contributed by atoms with Gasteiger partial charge in [0.2, 0.25) is 10.0 Å². The fourth-order valence-electron chi connectivity index (χ4n) is 1.58. The van der Waals surface area contributed by atoms with E-state index in [0.717, 1.165) is 17.7 Å². The Balaban J connectivity index is 2.12. The number of rotatable bonds is 6. The minimum absolute atomic E-state index is 0.117. The molecule has 0 bridgehead atoms. The van der Waals surface area contributed by atoms with E-state index >= 15 is 0 Å². The van der Waals surface area contributed by atoms with Crippen molar-refractivity contribution in [1.29, 1.82) is 0 Å². The molecule has 3 N–H and O–H groups in total. The number of thioether (sulfide) groups is 1. The molecule has 1 aliphatic carbocycles. The molecule has 0 radical (unpaired) electrons. The molecule has 1 aromatic rings. The summed E-state index contributed by atoms with van der Waals surface area (Å²) in [6.45, 7) is 0.851. The highest BCUT2D eigenvalue weighted by Crippen LogP contribution is 2.46. The van der Waals surface area contributed by atoms with E-state index < -0.39 is 10.0 Å². The number of halogens is 1. The first-order valence-electron chi connectivity index (χ1n) is 5.45. The zero-order chi connectivity index (χ0) is 13.4. The van der Waals surface area contributed by atoms with Crippen LogP contribution in [0.1, 0.15) is 17.7 Å². The summed E-state index contributed by atoms with van der Waals surface area (Å²) >= 11 is 6.38. The van der Waals surface area contributed by atoms with Gasteiger partial charge in [0.1, 0.15) is 4.90 Å². The Kier molecular flexibility index (Phi) is 4.45. The van der Waals surface area contributed by atoms with E-state index in [1.54, 1.807) is 17.8 Å². The Morgan fingerprint density at radius 2 is 2.28 bits per heavy atom. The van der Waals surface area contributed by atoms with Gasteiger partial charge in [-0.05, 0) is 41.1 Å². The van der Waals surface area contributed by atoms with Crippen molar-refractivity contribution >= 4 is 49.1 Å². The highest BCUT2D eigenvalue weighted by Gasteiger charge is 2.42. The lowest BCUT2D eigenvalue weighted by Crippen LogP contribution is -2.31. The summed E-state index contributed by atoms with van der Waals surface area (Å²) in [6.07, 6.45) is 4.18. The van der Waals surface area contributed by atoms with Crippen LogP contribution in [-0.4, -0.2) is 26.0 Å². The van der Waals surface area contributed by atoms with E-state index in [-0.39, 0.29) is 4.75 Å². The van der Waals surface area contributed by atoms with Gasteiger partial charge in [0.05, 0.1) is 3.79 Å². The molecule has 0 saturated heterocycles. The maximum absolute atomic E-state index is 12.2. The van der Waals surface area contributed by atoms with Gasteiger partial charge in [-0.1, -0.05) is 0 Å². The molecule has 4 nitrogen and oxygen atoms in total. The Labute approximate surface area is 124 Å². The molecule has 0 spiro atoms. The summed E-state index contributed by atoms with van der Waals surface area (Å²) in [4.78, 5) is 1.15. The number of thiophene rings is 1. The highest BCUT2D eigenvalue weighted by molar-refractivity contribution is 9.11. The summed E-state index contributed by atoms with van der Waals surface area (Å²) in [7, 11) is -3.44. The van der Waals surface area contributed by atoms with Gasteiger partial charge in [0, 0.05) is 22.7 Å². The molecule has 1 aromatic heterocycles. The normalized spacial score (nSPS) is 17.9. The molecule has 0 atom stereocenters. The Hall–Kier alpha value is 0.400. The molecule has 8 heteroatoms. The van der Waals surface area contributed by atoms with Crippen molar-refractivity contribution < 1.29 is 8.42 Å². The first kappa shape index (κ1) is 14.8. The minimum Gasteiger partial charge on any atom is -0.326 e. The van der Waals surface area contributed by atoms with Gasteiger partial charge >= 0.3 is 0 Å². The fourth-order valence-corrected chi connectivity index (χ4v) is 6.08. The second kappa shape index (κ2) is 5.41. The number of nitrogens with two attached hydrogens (primary N) is 1. The predicted molar refractivity (Wildman–Crippen MR) is 80.6 cm³/mol. The van der Waals surface area contributed by atoms with Crippen molar-refractivity contribution in [2.24, 2.45) is 5.73 Å². The van der Waals surface area contributed by atoms with Crippen LogP contribution >= 0.6 is 39.0 Å². The second-order valence-electron chi connectivity index (χ2n) is 4.27. The highest BCUT2D eigenvalue weighted by atomic mass is 79.9. The van der Waals surface area contributed by atoms with Crippen LogP contribution in [0.3, 0.4) is 0 Å². The standard InChI is InChI=1S/C10H15BrN2O2S3/c1-16-10(2-3-10)6-13-18(14,15)8-4-7(5-12)17-9(8)11/h4,13H,2-3,5-6,12H2,1H3. The van der Waals surface area contributed by atoms with E-state index in [1.807, 2.05) is 6.26 Å². The molecule has 0 unspecified atom stereocenters. The molecule has 1 heterocycles. The predicted octanol–water partition coefficient (Wildman–Crippen LogP) is 2.14. The van der Waals surface area contributed by atoms with Crippen LogP contribution in [0.15, 0.2) is 14.7 Å². The lowest BCUT2D eigenvalue weighted by Gasteiger charge is -2.12. The smallest absolute Gasteiger partial charge is 0.242 e. The van der Waals surface area contributed by atoms with Gasteiger partial charge in [0.25, 0.3) is 0 Å².